The number of nitrogens with zero attached hydrogens (tertiary/aromatic N) is 2. The fourth-order valence-electron chi connectivity index (χ4n) is 4.07. The van der Waals surface area contributed by atoms with Crippen LogP contribution in [0.5, 0.6) is 0 Å². The predicted octanol–water partition coefficient (Wildman–Crippen LogP) is 4.69. The SMILES string of the molecule is CC(=NNC(=O)c1ccc(C(=O)NN=C(C)c2ccc(NC(=O)C3CC3)cc2)cc1)c1ccc(NC(=O)C2CC2)cc1. The minimum absolute atomic E-state index is 0.0462. The van der Waals surface area contributed by atoms with Crippen molar-refractivity contribution in [2.24, 2.45) is 22.0 Å². The number of nitrogens with one attached hydrogen (secondary N) is 4. The lowest BCUT2D eigenvalue weighted by molar-refractivity contribution is -0.118. The number of hydrogen-bond donors (Lipinski definition) is 4. The van der Waals surface area contributed by atoms with E-state index in [0.717, 1.165) is 48.2 Å². The van der Waals surface area contributed by atoms with Gasteiger partial charge < -0.3 is 10.6 Å². The number of benzene rings is 3. The second-order valence-corrected chi connectivity index (χ2v) is 10.5. The van der Waals surface area contributed by atoms with Crippen molar-refractivity contribution in [3.05, 3.63) is 95.1 Å². The van der Waals surface area contributed by atoms with Crippen LogP contribution in [-0.2, 0) is 9.59 Å². The van der Waals surface area contributed by atoms with E-state index in [9.17, 15) is 19.2 Å². The Bertz CT molecular complexity index is 1430. The number of carbonyl (C=O) groups excluding carboxylic acids is 4. The highest BCUT2D eigenvalue weighted by molar-refractivity contribution is 6.03. The summed E-state index contributed by atoms with van der Waals surface area (Å²) in [6.07, 6.45) is 3.78. The lowest BCUT2D eigenvalue weighted by Gasteiger charge is -2.07. The highest BCUT2D eigenvalue weighted by Gasteiger charge is 2.30. The van der Waals surface area contributed by atoms with Crippen LogP contribution in [0.3, 0.4) is 0 Å². The molecule has 3 aromatic carbocycles. The van der Waals surface area contributed by atoms with E-state index in [0.29, 0.717) is 22.6 Å². The number of rotatable bonds is 10. The molecule has 0 heterocycles. The maximum Gasteiger partial charge on any atom is 0.271 e. The van der Waals surface area contributed by atoms with E-state index in [1.807, 2.05) is 24.3 Å². The second kappa shape index (κ2) is 12.6. The monoisotopic (exact) mass is 564 g/mol. The van der Waals surface area contributed by atoms with Crippen molar-refractivity contribution in [1.82, 2.24) is 10.9 Å². The zero-order chi connectivity index (χ0) is 29.6. The van der Waals surface area contributed by atoms with Gasteiger partial charge in [0, 0.05) is 34.3 Å². The van der Waals surface area contributed by atoms with Gasteiger partial charge in [0.05, 0.1) is 11.4 Å². The Morgan fingerprint density at radius 2 is 0.833 bits per heavy atom. The Balaban J connectivity index is 1.11. The molecule has 4 N–H and O–H groups in total. The van der Waals surface area contributed by atoms with E-state index in [1.54, 1.807) is 38.1 Å². The van der Waals surface area contributed by atoms with E-state index >= 15 is 0 Å². The molecule has 0 radical (unpaired) electrons. The Labute approximate surface area is 243 Å². The quantitative estimate of drug-likeness (QED) is 0.209. The summed E-state index contributed by atoms with van der Waals surface area (Å²) < 4.78 is 0. The van der Waals surface area contributed by atoms with Gasteiger partial charge in [0.1, 0.15) is 0 Å². The van der Waals surface area contributed by atoms with Crippen LogP contribution in [0.2, 0.25) is 0 Å². The van der Waals surface area contributed by atoms with E-state index in [4.69, 9.17) is 0 Å². The molecule has 0 unspecified atom stereocenters. The van der Waals surface area contributed by atoms with Gasteiger partial charge in [-0.2, -0.15) is 10.2 Å². The molecule has 10 heteroatoms. The molecule has 214 valence electrons. The Hall–Kier alpha value is -5.12. The molecule has 2 fully saturated rings. The van der Waals surface area contributed by atoms with E-state index in [2.05, 4.69) is 31.7 Å². The lowest BCUT2D eigenvalue weighted by atomic mass is 10.1. The summed E-state index contributed by atoms with van der Waals surface area (Å²) in [6, 6.07) is 20.7. The molecule has 0 bridgehead atoms. The molecule has 2 aliphatic carbocycles. The van der Waals surface area contributed by atoms with Crippen molar-refractivity contribution in [1.29, 1.82) is 0 Å². The van der Waals surface area contributed by atoms with Gasteiger partial charge in [-0.3, -0.25) is 19.2 Å². The zero-order valence-electron chi connectivity index (χ0n) is 23.4. The molecule has 4 amide bonds. The van der Waals surface area contributed by atoms with Crippen LogP contribution in [0.4, 0.5) is 11.4 Å². The maximum absolute atomic E-state index is 12.6. The summed E-state index contributed by atoms with van der Waals surface area (Å²) in [7, 11) is 0. The molecule has 2 aliphatic rings. The highest BCUT2D eigenvalue weighted by atomic mass is 16.2. The number of hydrazone groups is 2. The predicted molar refractivity (Wildman–Crippen MR) is 161 cm³/mol. The minimum Gasteiger partial charge on any atom is -0.326 e. The zero-order valence-corrected chi connectivity index (χ0v) is 23.4. The summed E-state index contributed by atoms with van der Waals surface area (Å²) in [5.41, 5.74) is 10.0. The van der Waals surface area contributed by atoms with Crippen LogP contribution >= 0.6 is 0 Å². The fraction of sp³-hybridized carbons (Fsp3) is 0.250. The van der Waals surface area contributed by atoms with Crippen LogP contribution in [0.15, 0.2) is 83.0 Å². The standard InChI is InChI=1S/C32H32N6O4/c1-19(21-11-15-27(16-12-21)33-29(39)23-3-4-23)35-37-31(41)25-7-9-26(10-8-25)32(42)38-36-20(2)22-13-17-28(18-14-22)34-30(40)24-5-6-24/h7-18,23-24H,3-6H2,1-2H3,(H,33,39)(H,34,40)(H,37,41)(H,38,42). The first kappa shape index (κ1) is 28.4. The van der Waals surface area contributed by atoms with E-state index < -0.39 is 11.8 Å². The Morgan fingerprint density at radius 1 is 0.524 bits per heavy atom. The Kier molecular flexibility index (Phi) is 8.52. The summed E-state index contributed by atoms with van der Waals surface area (Å²) >= 11 is 0. The lowest BCUT2D eigenvalue weighted by Crippen LogP contribution is -2.21. The first-order chi connectivity index (χ1) is 20.3. The third kappa shape index (κ3) is 7.54. The molecule has 0 spiro atoms. The van der Waals surface area contributed by atoms with Crippen molar-refractivity contribution < 1.29 is 19.2 Å². The maximum atomic E-state index is 12.6. The first-order valence-corrected chi connectivity index (χ1v) is 13.9. The normalized spacial score (nSPS) is 15.0. The molecule has 0 aromatic heterocycles. The number of amides is 4. The molecular weight excluding hydrogens is 532 g/mol. The van der Waals surface area contributed by atoms with E-state index in [1.165, 1.54) is 24.3 Å². The summed E-state index contributed by atoms with van der Waals surface area (Å²) in [5.74, 6) is -0.477. The van der Waals surface area contributed by atoms with Crippen molar-refractivity contribution in [2.45, 2.75) is 39.5 Å². The van der Waals surface area contributed by atoms with Gasteiger partial charge in [0.25, 0.3) is 11.8 Å². The molecule has 10 nitrogen and oxygen atoms in total. The minimum atomic E-state index is -0.416. The highest BCUT2D eigenvalue weighted by Crippen LogP contribution is 2.31. The van der Waals surface area contributed by atoms with Gasteiger partial charge in [-0.05, 0) is 99.2 Å². The van der Waals surface area contributed by atoms with Gasteiger partial charge in [-0.25, -0.2) is 10.9 Å². The molecule has 0 aliphatic heterocycles. The van der Waals surface area contributed by atoms with Gasteiger partial charge in [-0.1, -0.05) is 24.3 Å². The third-order valence-electron chi connectivity index (χ3n) is 7.10. The van der Waals surface area contributed by atoms with Crippen LogP contribution in [0.25, 0.3) is 0 Å². The summed E-state index contributed by atoms with van der Waals surface area (Å²) in [4.78, 5) is 49.0. The molecule has 42 heavy (non-hydrogen) atoms. The van der Waals surface area contributed by atoms with Crippen LogP contribution < -0.4 is 21.5 Å². The van der Waals surface area contributed by atoms with Crippen LogP contribution in [-0.4, -0.2) is 35.1 Å². The van der Waals surface area contributed by atoms with Crippen LogP contribution in [0.1, 0.15) is 71.4 Å². The average molecular weight is 565 g/mol. The van der Waals surface area contributed by atoms with Gasteiger partial charge >= 0.3 is 0 Å². The first-order valence-electron chi connectivity index (χ1n) is 13.9. The molecule has 5 rings (SSSR count). The smallest absolute Gasteiger partial charge is 0.271 e. The summed E-state index contributed by atoms with van der Waals surface area (Å²) in [6.45, 7) is 3.55. The molecule has 0 atom stereocenters. The Morgan fingerprint density at radius 3 is 1.14 bits per heavy atom. The molecule has 2 saturated carbocycles. The number of carbonyl (C=O) groups is 4. The largest absolute Gasteiger partial charge is 0.326 e. The number of anilines is 2. The topological polar surface area (TPSA) is 141 Å². The van der Waals surface area contributed by atoms with Gasteiger partial charge in [0.2, 0.25) is 11.8 Å². The van der Waals surface area contributed by atoms with Crippen molar-refractivity contribution in [2.75, 3.05) is 10.6 Å². The molecule has 0 saturated heterocycles. The van der Waals surface area contributed by atoms with Crippen molar-refractivity contribution in [3.63, 3.8) is 0 Å². The fourth-order valence-corrected chi connectivity index (χ4v) is 4.07. The average Bonchev–Trinajstić information content (AvgIpc) is 3.92. The van der Waals surface area contributed by atoms with Gasteiger partial charge in [-0.15, -0.1) is 0 Å². The molecular formula is C32H32N6O4. The number of hydrogen-bond acceptors (Lipinski definition) is 6. The van der Waals surface area contributed by atoms with Crippen molar-refractivity contribution in [3.8, 4) is 0 Å². The third-order valence-corrected chi connectivity index (χ3v) is 7.10. The van der Waals surface area contributed by atoms with E-state index in [-0.39, 0.29) is 23.7 Å². The second-order valence-electron chi connectivity index (χ2n) is 10.5. The van der Waals surface area contributed by atoms with Crippen molar-refractivity contribution >= 4 is 46.4 Å². The summed E-state index contributed by atoms with van der Waals surface area (Å²) in [5, 5.41) is 14.1. The molecule has 3 aromatic rings. The van der Waals surface area contributed by atoms with Gasteiger partial charge in [0.15, 0.2) is 0 Å². The van der Waals surface area contributed by atoms with Crippen LogP contribution in [0, 0.1) is 11.8 Å².